The molecule has 3 aromatic carbocycles. The average molecular weight is 511 g/mol. The van der Waals surface area contributed by atoms with E-state index < -0.39 is 22.8 Å². The molecule has 0 unspecified atom stereocenters. The third kappa shape index (κ3) is 4.91. The third-order valence-electron chi connectivity index (χ3n) is 5.23. The second-order valence-electron chi connectivity index (χ2n) is 7.62. The van der Waals surface area contributed by atoms with Crippen LogP contribution in [-0.2, 0) is 9.53 Å². The number of nitro benzene ring substituents is 1. The molecule has 0 radical (unpaired) electrons. The predicted octanol–water partition coefficient (Wildman–Crippen LogP) is 4.45. The molecule has 1 aliphatic heterocycles. The Labute approximate surface area is 209 Å². The van der Waals surface area contributed by atoms with Gasteiger partial charge < -0.3 is 19.9 Å². The number of ether oxygens (including phenoxy) is 2. The van der Waals surface area contributed by atoms with Crippen molar-refractivity contribution >= 4 is 40.7 Å². The summed E-state index contributed by atoms with van der Waals surface area (Å²) in [6, 6.07) is 15.1. The number of hydrazone groups is 1. The molecule has 11 nitrogen and oxygen atoms in total. The molecular formula is C24H19ClN4O7. The molecule has 1 aliphatic rings. The second kappa shape index (κ2) is 9.92. The van der Waals surface area contributed by atoms with Crippen LogP contribution in [0.15, 0.2) is 65.8 Å². The van der Waals surface area contributed by atoms with E-state index in [1.807, 2.05) is 0 Å². The van der Waals surface area contributed by atoms with Gasteiger partial charge in [-0.2, -0.15) is 5.01 Å². The van der Waals surface area contributed by atoms with Crippen LogP contribution >= 0.6 is 11.6 Å². The summed E-state index contributed by atoms with van der Waals surface area (Å²) in [5.74, 6) is -1.41. The maximum Gasteiger partial charge on any atom is 0.273 e. The molecule has 3 aromatic rings. The number of hydrogen-bond acceptors (Lipinski definition) is 8. The largest absolute Gasteiger partial charge is 0.504 e. The highest BCUT2D eigenvalue weighted by Gasteiger charge is 2.37. The third-order valence-corrected chi connectivity index (χ3v) is 5.46. The number of nitro groups is 1. The monoisotopic (exact) mass is 510 g/mol. The van der Waals surface area contributed by atoms with E-state index >= 15 is 0 Å². The molecule has 1 heterocycles. The first-order chi connectivity index (χ1) is 17.2. The van der Waals surface area contributed by atoms with Crippen molar-refractivity contribution in [3.05, 3.63) is 92.5 Å². The number of carbonyl (C=O) groups excluding carboxylic acids is 2. The Morgan fingerprint density at radius 3 is 2.53 bits per heavy atom. The fraction of sp³-hybridized carbons (Fsp3) is 0.125. The minimum absolute atomic E-state index is 0.0350. The van der Waals surface area contributed by atoms with E-state index in [9.17, 15) is 24.8 Å². The van der Waals surface area contributed by atoms with Gasteiger partial charge in [-0.1, -0.05) is 17.7 Å². The summed E-state index contributed by atoms with van der Waals surface area (Å²) in [6.07, 6.45) is -1.27. The minimum Gasteiger partial charge on any atom is -0.504 e. The Balaban J connectivity index is 1.59. The Morgan fingerprint density at radius 2 is 1.92 bits per heavy atom. The summed E-state index contributed by atoms with van der Waals surface area (Å²) in [4.78, 5) is 35.4. The number of hydrogen-bond donors (Lipinski definition) is 2. The molecule has 0 aromatic heterocycles. The second-order valence-corrected chi connectivity index (χ2v) is 8.06. The molecule has 1 atom stereocenters. The summed E-state index contributed by atoms with van der Waals surface area (Å²) < 4.78 is 10.9. The first kappa shape index (κ1) is 24.5. The highest BCUT2D eigenvalue weighted by atomic mass is 35.5. The number of aromatic hydroxyl groups is 1. The van der Waals surface area contributed by atoms with Gasteiger partial charge in [0.2, 0.25) is 18.0 Å². The predicted molar refractivity (Wildman–Crippen MR) is 130 cm³/mol. The van der Waals surface area contributed by atoms with Crippen molar-refractivity contribution in [2.45, 2.75) is 13.2 Å². The van der Waals surface area contributed by atoms with Gasteiger partial charge in [0.15, 0.2) is 11.5 Å². The quantitative estimate of drug-likeness (QED) is 0.368. The maximum atomic E-state index is 12.4. The zero-order valence-corrected chi connectivity index (χ0v) is 19.7. The smallest absolute Gasteiger partial charge is 0.273 e. The number of rotatable bonds is 6. The Morgan fingerprint density at radius 1 is 1.19 bits per heavy atom. The molecule has 12 heteroatoms. The van der Waals surface area contributed by atoms with Crippen LogP contribution in [0.2, 0.25) is 5.02 Å². The maximum absolute atomic E-state index is 12.4. The summed E-state index contributed by atoms with van der Waals surface area (Å²) >= 11 is 5.94. The number of carbonyl (C=O) groups is 2. The van der Waals surface area contributed by atoms with Crippen LogP contribution in [0.3, 0.4) is 0 Å². The van der Waals surface area contributed by atoms with Crippen molar-refractivity contribution in [1.82, 2.24) is 5.01 Å². The summed E-state index contributed by atoms with van der Waals surface area (Å²) in [7, 11) is 1.25. The first-order valence-electron chi connectivity index (χ1n) is 10.5. The topological polar surface area (TPSA) is 144 Å². The van der Waals surface area contributed by atoms with E-state index in [1.54, 1.807) is 48.5 Å². The van der Waals surface area contributed by atoms with E-state index in [1.165, 1.54) is 14.0 Å². The van der Waals surface area contributed by atoms with Gasteiger partial charge in [-0.05, 0) is 42.5 Å². The fourth-order valence-electron chi connectivity index (χ4n) is 3.48. The lowest BCUT2D eigenvalue weighted by Gasteiger charge is -2.20. The zero-order chi connectivity index (χ0) is 26.0. The van der Waals surface area contributed by atoms with Gasteiger partial charge >= 0.3 is 0 Å². The number of amides is 2. The molecule has 0 bridgehead atoms. The van der Waals surface area contributed by atoms with Crippen molar-refractivity contribution in [3.8, 4) is 11.5 Å². The number of phenols is 1. The van der Waals surface area contributed by atoms with Crippen LogP contribution in [0.1, 0.15) is 34.6 Å². The lowest BCUT2D eigenvalue weighted by molar-refractivity contribution is -0.385. The SMILES string of the molecule is COc1cc([N+](=O)[O-])cc([C@H]2OC(c3ccc(NC(=O)c4cccc(Cl)c4)cc3)=NN2C(C)=O)c1O. The van der Waals surface area contributed by atoms with Gasteiger partial charge in [-0.3, -0.25) is 19.7 Å². The molecule has 0 fully saturated rings. The molecular weight excluding hydrogens is 492 g/mol. The lowest BCUT2D eigenvalue weighted by Crippen LogP contribution is -2.25. The van der Waals surface area contributed by atoms with Crippen LogP contribution in [0, 0.1) is 10.1 Å². The van der Waals surface area contributed by atoms with Crippen LogP contribution in [-0.4, -0.2) is 39.9 Å². The minimum atomic E-state index is -1.27. The molecule has 4 rings (SSSR count). The molecule has 36 heavy (non-hydrogen) atoms. The number of phenolic OH excluding ortho intramolecular Hbond substituents is 1. The summed E-state index contributed by atoms with van der Waals surface area (Å²) in [5.41, 5.74) is 0.910. The van der Waals surface area contributed by atoms with Gasteiger partial charge in [0.25, 0.3) is 11.6 Å². The number of nitrogens with zero attached hydrogens (tertiary/aromatic N) is 3. The Bertz CT molecular complexity index is 1390. The van der Waals surface area contributed by atoms with Crippen molar-refractivity contribution in [2.75, 3.05) is 12.4 Å². The zero-order valence-electron chi connectivity index (χ0n) is 19.0. The molecule has 0 spiro atoms. The first-order valence-corrected chi connectivity index (χ1v) is 10.8. The number of nitrogens with one attached hydrogen (secondary N) is 1. The molecule has 184 valence electrons. The van der Waals surface area contributed by atoms with E-state index in [-0.39, 0.29) is 28.8 Å². The summed E-state index contributed by atoms with van der Waals surface area (Å²) in [6.45, 7) is 1.24. The van der Waals surface area contributed by atoms with Gasteiger partial charge in [-0.25, -0.2) is 0 Å². The van der Waals surface area contributed by atoms with Gasteiger partial charge in [0.1, 0.15) is 0 Å². The number of methoxy groups -OCH3 is 1. The van der Waals surface area contributed by atoms with E-state index in [0.29, 0.717) is 21.8 Å². The normalized spacial score (nSPS) is 14.6. The summed E-state index contributed by atoms with van der Waals surface area (Å²) in [5, 5.41) is 30.3. The van der Waals surface area contributed by atoms with Crippen molar-refractivity contribution < 1.29 is 29.1 Å². The lowest BCUT2D eigenvalue weighted by atomic mass is 10.1. The van der Waals surface area contributed by atoms with E-state index in [4.69, 9.17) is 21.1 Å². The van der Waals surface area contributed by atoms with Crippen LogP contribution in [0.4, 0.5) is 11.4 Å². The van der Waals surface area contributed by atoms with Crippen molar-refractivity contribution in [1.29, 1.82) is 0 Å². The molecule has 0 saturated heterocycles. The van der Waals surface area contributed by atoms with Crippen LogP contribution < -0.4 is 10.1 Å². The standard InChI is InChI=1S/C24H19ClN4O7/c1-13(30)28-24(19-11-18(29(33)34)12-20(35-2)21(19)31)36-23(27-28)14-6-8-17(9-7-14)26-22(32)15-4-3-5-16(25)10-15/h3-12,24,31H,1-2H3,(H,26,32)/t24-/m1/s1. The number of anilines is 1. The number of benzene rings is 3. The Hall–Kier alpha value is -4.64. The van der Waals surface area contributed by atoms with Crippen molar-refractivity contribution in [3.63, 3.8) is 0 Å². The van der Waals surface area contributed by atoms with Gasteiger partial charge in [0.05, 0.1) is 23.7 Å². The Kier molecular flexibility index (Phi) is 6.75. The van der Waals surface area contributed by atoms with E-state index in [2.05, 4.69) is 10.4 Å². The van der Waals surface area contributed by atoms with E-state index in [0.717, 1.165) is 17.1 Å². The molecule has 0 aliphatic carbocycles. The molecule has 0 saturated carbocycles. The highest BCUT2D eigenvalue weighted by Crippen LogP contribution is 2.42. The van der Waals surface area contributed by atoms with Crippen LogP contribution in [0.5, 0.6) is 11.5 Å². The van der Waals surface area contributed by atoms with Gasteiger partial charge in [0, 0.05) is 34.8 Å². The number of non-ortho nitro benzene ring substituents is 1. The number of halogens is 1. The molecule has 2 amide bonds. The van der Waals surface area contributed by atoms with Crippen molar-refractivity contribution in [2.24, 2.45) is 5.10 Å². The highest BCUT2D eigenvalue weighted by molar-refractivity contribution is 6.31. The average Bonchev–Trinajstić information content (AvgIpc) is 3.30. The van der Waals surface area contributed by atoms with Gasteiger partial charge in [-0.15, -0.1) is 5.10 Å². The van der Waals surface area contributed by atoms with Crippen LogP contribution in [0.25, 0.3) is 0 Å². The molecule has 2 N–H and O–H groups in total. The fourth-order valence-corrected chi connectivity index (χ4v) is 3.67.